The molecule has 0 spiro atoms. The van der Waals surface area contributed by atoms with Crippen molar-refractivity contribution in [2.45, 2.75) is 13.1 Å². The number of pyridine rings is 2. The lowest BCUT2D eigenvalue weighted by molar-refractivity contribution is -0.137. The van der Waals surface area contributed by atoms with E-state index in [1.54, 1.807) is 13.0 Å². The predicted octanol–water partition coefficient (Wildman–Crippen LogP) is 3.70. The van der Waals surface area contributed by atoms with Crippen LogP contribution in [-0.4, -0.2) is 21.6 Å². The molecule has 0 atom stereocenters. The molecule has 0 bridgehead atoms. The van der Waals surface area contributed by atoms with E-state index >= 15 is 0 Å². The molecule has 114 valence electrons. The van der Waals surface area contributed by atoms with Crippen LogP contribution in [0.3, 0.4) is 0 Å². The quantitative estimate of drug-likeness (QED) is 0.738. The Labute approximate surface area is 122 Å². The summed E-state index contributed by atoms with van der Waals surface area (Å²) >= 11 is 0. The van der Waals surface area contributed by atoms with Gasteiger partial charge in [-0.15, -0.1) is 0 Å². The van der Waals surface area contributed by atoms with Gasteiger partial charge in [-0.25, -0.2) is 9.97 Å². The van der Waals surface area contributed by atoms with Crippen molar-refractivity contribution in [2.24, 2.45) is 0 Å². The first-order valence-corrected chi connectivity index (χ1v) is 6.40. The summed E-state index contributed by atoms with van der Waals surface area (Å²) in [5.74, 6) is 0.570. The summed E-state index contributed by atoms with van der Waals surface area (Å²) in [5, 5.41) is 0. The molecule has 0 radical (unpaired) electrons. The molecule has 0 saturated heterocycles. The summed E-state index contributed by atoms with van der Waals surface area (Å²) in [6, 6.07) is 2.51. The van der Waals surface area contributed by atoms with E-state index in [1.165, 1.54) is 12.4 Å². The van der Waals surface area contributed by atoms with Gasteiger partial charge in [0.2, 0.25) is 11.6 Å². The van der Waals surface area contributed by atoms with E-state index in [4.69, 9.17) is 9.15 Å². The van der Waals surface area contributed by atoms with Crippen LogP contribution in [-0.2, 0) is 6.18 Å². The molecule has 3 aromatic heterocycles. The fourth-order valence-corrected chi connectivity index (χ4v) is 1.92. The summed E-state index contributed by atoms with van der Waals surface area (Å²) < 4.78 is 48.9. The second kappa shape index (κ2) is 5.28. The Balaban J connectivity index is 2.09. The molecule has 3 rings (SSSR count). The van der Waals surface area contributed by atoms with E-state index in [2.05, 4.69) is 15.0 Å². The highest BCUT2D eigenvalue weighted by Crippen LogP contribution is 2.33. The molecule has 0 aliphatic rings. The van der Waals surface area contributed by atoms with Gasteiger partial charge < -0.3 is 9.15 Å². The number of alkyl halides is 3. The van der Waals surface area contributed by atoms with E-state index in [-0.39, 0.29) is 17.1 Å². The third kappa shape index (κ3) is 2.59. The number of rotatable bonds is 3. The number of hydrogen-bond donors (Lipinski definition) is 0. The molecular weight excluding hydrogens is 299 g/mol. The molecule has 0 N–H and O–H groups in total. The maximum atomic E-state index is 12.7. The number of halogens is 3. The van der Waals surface area contributed by atoms with Crippen molar-refractivity contribution in [3.8, 4) is 17.2 Å². The Kier molecular flexibility index (Phi) is 3.44. The first-order valence-electron chi connectivity index (χ1n) is 6.40. The second-order valence-electron chi connectivity index (χ2n) is 4.37. The smallest absolute Gasteiger partial charge is 0.417 e. The van der Waals surface area contributed by atoms with Crippen molar-refractivity contribution >= 4 is 11.2 Å². The molecule has 3 aromatic rings. The van der Waals surface area contributed by atoms with Gasteiger partial charge in [-0.3, -0.25) is 4.98 Å². The van der Waals surface area contributed by atoms with Gasteiger partial charge >= 0.3 is 6.18 Å². The highest BCUT2D eigenvalue weighted by molar-refractivity contribution is 5.74. The Morgan fingerprint density at radius 2 is 2.09 bits per heavy atom. The average Bonchev–Trinajstić information content (AvgIpc) is 2.90. The molecule has 0 aliphatic carbocycles. The van der Waals surface area contributed by atoms with Crippen LogP contribution >= 0.6 is 0 Å². The third-order valence-corrected chi connectivity index (χ3v) is 2.89. The number of aromatic nitrogens is 3. The highest BCUT2D eigenvalue weighted by Gasteiger charge is 2.31. The zero-order valence-electron chi connectivity index (χ0n) is 11.4. The lowest BCUT2D eigenvalue weighted by Crippen LogP contribution is -2.04. The Hall–Kier alpha value is -2.64. The van der Waals surface area contributed by atoms with Crippen LogP contribution in [0.1, 0.15) is 12.5 Å². The summed E-state index contributed by atoms with van der Waals surface area (Å²) in [6.45, 7) is 2.22. The maximum absolute atomic E-state index is 12.7. The summed E-state index contributed by atoms with van der Waals surface area (Å²) in [4.78, 5) is 11.7. The summed E-state index contributed by atoms with van der Waals surface area (Å²) in [7, 11) is 0. The first-order chi connectivity index (χ1) is 10.5. The lowest BCUT2D eigenvalue weighted by Gasteiger charge is -2.05. The molecule has 0 saturated carbocycles. The second-order valence-corrected chi connectivity index (χ2v) is 4.37. The number of fused-ring (bicyclic) bond motifs is 1. The minimum Gasteiger partial charge on any atom is -0.491 e. The molecule has 0 aromatic carbocycles. The lowest BCUT2D eigenvalue weighted by atomic mass is 10.2. The first kappa shape index (κ1) is 14.3. The topological polar surface area (TPSA) is 61.0 Å². The van der Waals surface area contributed by atoms with Crippen LogP contribution in [0.5, 0.6) is 5.75 Å². The fraction of sp³-hybridized carbons (Fsp3) is 0.214. The summed E-state index contributed by atoms with van der Waals surface area (Å²) in [5.41, 5.74) is -0.311. The fourth-order valence-electron chi connectivity index (χ4n) is 1.92. The standard InChI is InChI=1S/C14H10F3N3O2/c1-2-21-11-7-18-4-3-9(11)12-20-10-5-8(14(15,16)17)6-19-13(10)22-12/h3-7H,2H2,1H3. The van der Waals surface area contributed by atoms with Crippen molar-refractivity contribution in [1.29, 1.82) is 0 Å². The minimum absolute atomic E-state index is 0.0299. The number of hydrogen-bond acceptors (Lipinski definition) is 5. The Morgan fingerprint density at radius 3 is 2.82 bits per heavy atom. The zero-order valence-corrected chi connectivity index (χ0v) is 11.4. The van der Waals surface area contributed by atoms with Crippen LogP contribution in [0.4, 0.5) is 13.2 Å². The summed E-state index contributed by atoms with van der Waals surface area (Å²) in [6.07, 6.45) is -0.760. The number of ether oxygens (including phenoxy) is 1. The van der Waals surface area contributed by atoms with E-state index in [9.17, 15) is 13.2 Å². The molecule has 8 heteroatoms. The van der Waals surface area contributed by atoms with Gasteiger partial charge in [-0.2, -0.15) is 13.2 Å². The van der Waals surface area contributed by atoms with Crippen LogP contribution < -0.4 is 4.74 Å². The van der Waals surface area contributed by atoms with Gasteiger partial charge in [0.1, 0.15) is 11.3 Å². The number of nitrogens with zero attached hydrogens (tertiary/aromatic N) is 3. The van der Waals surface area contributed by atoms with Crippen molar-refractivity contribution < 1.29 is 22.3 Å². The van der Waals surface area contributed by atoms with Gasteiger partial charge in [0.15, 0.2) is 0 Å². The third-order valence-electron chi connectivity index (χ3n) is 2.89. The SMILES string of the molecule is CCOc1cnccc1-c1nc2cc(C(F)(F)F)cnc2o1. The maximum Gasteiger partial charge on any atom is 0.417 e. The monoisotopic (exact) mass is 309 g/mol. The molecule has 0 aliphatic heterocycles. The average molecular weight is 309 g/mol. The van der Waals surface area contributed by atoms with Gasteiger partial charge in [0, 0.05) is 12.4 Å². The highest BCUT2D eigenvalue weighted by atomic mass is 19.4. The van der Waals surface area contributed by atoms with Crippen LogP contribution in [0, 0.1) is 0 Å². The largest absolute Gasteiger partial charge is 0.491 e. The van der Waals surface area contributed by atoms with E-state index in [1.807, 2.05) is 0 Å². The Morgan fingerprint density at radius 1 is 1.27 bits per heavy atom. The minimum atomic E-state index is -4.48. The van der Waals surface area contributed by atoms with E-state index in [0.717, 1.165) is 6.07 Å². The molecule has 0 fully saturated rings. The van der Waals surface area contributed by atoms with Gasteiger partial charge in [0.25, 0.3) is 0 Å². The van der Waals surface area contributed by atoms with E-state index in [0.29, 0.717) is 24.1 Å². The van der Waals surface area contributed by atoms with Crippen molar-refractivity contribution in [3.63, 3.8) is 0 Å². The van der Waals surface area contributed by atoms with Gasteiger partial charge in [0.05, 0.1) is 23.9 Å². The van der Waals surface area contributed by atoms with Gasteiger partial charge in [-0.1, -0.05) is 0 Å². The van der Waals surface area contributed by atoms with Gasteiger partial charge in [-0.05, 0) is 19.1 Å². The Bertz CT molecular complexity index is 814. The van der Waals surface area contributed by atoms with Crippen molar-refractivity contribution in [2.75, 3.05) is 6.61 Å². The molecular formula is C14H10F3N3O2. The van der Waals surface area contributed by atoms with Crippen molar-refractivity contribution in [3.05, 3.63) is 36.3 Å². The normalized spacial score (nSPS) is 11.8. The molecule has 22 heavy (non-hydrogen) atoms. The van der Waals surface area contributed by atoms with Crippen molar-refractivity contribution in [1.82, 2.24) is 15.0 Å². The molecule has 5 nitrogen and oxygen atoms in total. The molecule has 3 heterocycles. The molecule has 0 amide bonds. The predicted molar refractivity (Wildman–Crippen MR) is 71.2 cm³/mol. The van der Waals surface area contributed by atoms with Crippen LogP contribution in [0.25, 0.3) is 22.7 Å². The zero-order chi connectivity index (χ0) is 15.7. The number of oxazole rings is 1. The van der Waals surface area contributed by atoms with E-state index < -0.39 is 11.7 Å². The van der Waals surface area contributed by atoms with Crippen LogP contribution in [0.2, 0.25) is 0 Å². The van der Waals surface area contributed by atoms with Crippen LogP contribution in [0.15, 0.2) is 35.1 Å². The molecule has 0 unspecified atom stereocenters.